The van der Waals surface area contributed by atoms with Crippen LogP contribution in [0.15, 0.2) is 47.4 Å². The van der Waals surface area contributed by atoms with Gasteiger partial charge in [0.05, 0.1) is 22.5 Å². The molecule has 1 aliphatic heterocycles. The maximum Gasteiger partial charge on any atom is 0.297 e. The Hall–Kier alpha value is -1.48. The summed E-state index contributed by atoms with van der Waals surface area (Å²) in [6, 6.07) is 11.7. The van der Waals surface area contributed by atoms with Crippen LogP contribution in [0.5, 0.6) is 0 Å². The Morgan fingerprint density at radius 2 is 1.73 bits per heavy atom. The van der Waals surface area contributed by atoms with Gasteiger partial charge in [-0.3, -0.25) is 4.18 Å². The van der Waals surface area contributed by atoms with E-state index < -0.39 is 43.7 Å². The Morgan fingerprint density at radius 3 is 2.36 bits per heavy atom. The summed E-state index contributed by atoms with van der Waals surface area (Å²) in [4.78, 5) is -0.0669. The molecule has 0 radical (unpaired) electrons. The van der Waals surface area contributed by atoms with Crippen LogP contribution in [-0.4, -0.2) is 45.7 Å². The standard InChI is InChI=1S/C14H14O6S2/c15-13-8-21(16,17)9-14(13)20-22(18,19)12-6-5-10-3-1-2-4-11(10)7-12/h1-7,13-15H,8-9H2. The summed E-state index contributed by atoms with van der Waals surface area (Å²) < 4.78 is 52.3. The van der Waals surface area contributed by atoms with Crippen molar-refractivity contribution in [2.45, 2.75) is 17.1 Å². The molecular formula is C14H14O6S2. The van der Waals surface area contributed by atoms with Crippen molar-refractivity contribution < 1.29 is 26.1 Å². The van der Waals surface area contributed by atoms with E-state index in [0.717, 1.165) is 10.8 Å². The van der Waals surface area contributed by atoms with Crippen LogP contribution in [-0.2, 0) is 24.1 Å². The van der Waals surface area contributed by atoms with E-state index in [9.17, 15) is 21.9 Å². The van der Waals surface area contributed by atoms with Crippen molar-refractivity contribution in [1.29, 1.82) is 0 Å². The van der Waals surface area contributed by atoms with Crippen molar-refractivity contribution in [3.05, 3.63) is 42.5 Å². The lowest BCUT2D eigenvalue weighted by Crippen LogP contribution is -2.29. The molecule has 1 aliphatic rings. The smallest absolute Gasteiger partial charge is 0.297 e. The Morgan fingerprint density at radius 1 is 1.05 bits per heavy atom. The number of aliphatic hydroxyl groups excluding tert-OH is 1. The average Bonchev–Trinajstić information content (AvgIpc) is 2.70. The number of sulfone groups is 1. The number of hydrogen-bond acceptors (Lipinski definition) is 6. The third-order valence-electron chi connectivity index (χ3n) is 3.53. The highest BCUT2D eigenvalue weighted by Crippen LogP contribution is 2.24. The number of aliphatic hydroxyl groups is 1. The molecule has 1 fully saturated rings. The van der Waals surface area contributed by atoms with E-state index >= 15 is 0 Å². The number of fused-ring (bicyclic) bond motifs is 1. The molecular weight excluding hydrogens is 328 g/mol. The molecule has 1 heterocycles. The SMILES string of the molecule is O=S1(=O)CC(O)C(OS(=O)(=O)c2ccc3ccccc3c2)C1. The molecule has 0 spiro atoms. The Balaban J connectivity index is 1.92. The first-order chi connectivity index (χ1) is 10.3. The van der Waals surface area contributed by atoms with Crippen molar-refractivity contribution in [3.63, 3.8) is 0 Å². The fourth-order valence-corrected chi connectivity index (χ4v) is 5.32. The fourth-order valence-electron chi connectivity index (χ4n) is 2.43. The third kappa shape index (κ3) is 3.00. The largest absolute Gasteiger partial charge is 0.389 e. The van der Waals surface area contributed by atoms with E-state index in [2.05, 4.69) is 0 Å². The third-order valence-corrected chi connectivity index (χ3v) is 6.55. The summed E-state index contributed by atoms with van der Waals surface area (Å²) in [5.74, 6) is -0.980. The minimum absolute atomic E-state index is 0.0669. The molecule has 2 aromatic carbocycles. The molecule has 0 saturated carbocycles. The molecule has 2 aromatic rings. The summed E-state index contributed by atoms with van der Waals surface area (Å²) in [6.07, 6.45) is -2.60. The molecule has 2 unspecified atom stereocenters. The lowest BCUT2D eigenvalue weighted by Gasteiger charge is -2.14. The molecule has 6 nitrogen and oxygen atoms in total. The van der Waals surface area contributed by atoms with E-state index in [0.29, 0.717) is 0 Å². The first kappa shape index (κ1) is 15.4. The first-order valence-electron chi connectivity index (χ1n) is 6.57. The highest BCUT2D eigenvalue weighted by Gasteiger charge is 2.40. The molecule has 1 N–H and O–H groups in total. The summed E-state index contributed by atoms with van der Waals surface area (Å²) in [7, 11) is -7.62. The van der Waals surface area contributed by atoms with Gasteiger partial charge in [-0.15, -0.1) is 0 Å². The summed E-state index contributed by atoms with van der Waals surface area (Å²) in [5.41, 5.74) is 0. The van der Waals surface area contributed by atoms with Crippen LogP contribution in [0.2, 0.25) is 0 Å². The van der Waals surface area contributed by atoms with Gasteiger partial charge in [-0.2, -0.15) is 8.42 Å². The zero-order valence-corrected chi connectivity index (χ0v) is 13.0. The monoisotopic (exact) mass is 342 g/mol. The predicted octanol–water partition coefficient (Wildman–Crippen LogP) is 0.703. The van der Waals surface area contributed by atoms with Gasteiger partial charge < -0.3 is 5.11 Å². The van der Waals surface area contributed by atoms with Gasteiger partial charge in [0, 0.05) is 0 Å². The van der Waals surface area contributed by atoms with Crippen molar-refractivity contribution in [3.8, 4) is 0 Å². The second-order valence-corrected chi connectivity index (χ2v) is 8.97. The highest BCUT2D eigenvalue weighted by atomic mass is 32.2. The molecule has 0 amide bonds. The first-order valence-corrected chi connectivity index (χ1v) is 9.80. The number of hydrogen-bond donors (Lipinski definition) is 1. The normalized spacial score (nSPS) is 24.6. The lowest BCUT2D eigenvalue weighted by molar-refractivity contribution is 0.0780. The van der Waals surface area contributed by atoms with Gasteiger partial charge in [0.1, 0.15) is 6.10 Å². The molecule has 0 bridgehead atoms. The van der Waals surface area contributed by atoms with Crippen molar-refractivity contribution >= 4 is 30.7 Å². The van der Waals surface area contributed by atoms with Gasteiger partial charge >= 0.3 is 0 Å². The van der Waals surface area contributed by atoms with Crippen LogP contribution < -0.4 is 0 Å². The van der Waals surface area contributed by atoms with Crippen molar-refractivity contribution in [1.82, 2.24) is 0 Å². The molecule has 0 aliphatic carbocycles. The Bertz CT molecular complexity index is 917. The molecule has 3 rings (SSSR count). The van der Waals surface area contributed by atoms with Gasteiger partial charge in [0.25, 0.3) is 10.1 Å². The average molecular weight is 342 g/mol. The van der Waals surface area contributed by atoms with Crippen LogP contribution >= 0.6 is 0 Å². The molecule has 118 valence electrons. The zero-order valence-electron chi connectivity index (χ0n) is 11.4. The molecule has 1 saturated heterocycles. The molecule has 8 heteroatoms. The molecule has 22 heavy (non-hydrogen) atoms. The van der Waals surface area contributed by atoms with Crippen LogP contribution in [0.25, 0.3) is 10.8 Å². The van der Waals surface area contributed by atoms with Crippen LogP contribution in [0.1, 0.15) is 0 Å². The van der Waals surface area contributed by atoms with E-state index in [1.54, 1.807) is 18.2 Å². The number of benzene rings is 2. The van der Waals surface area contributed by atoms with E-state index in [1.165, 1.54) is 12.1 Å². The summed E-state index contributed by atoms with van der Waals surface area (Å²) in [5, 5.41) is 11.2. The van der Waals surface area contributed by atoms with E-state index in [1.807, 2.05) is 12.1 Å². The quantitative estimate of drug-likeness (QED) is 0.825. The molecule has 2 atom stereocenters. The Labute approximate surface area is 128 Å². The highest BCUT2D eigenvalue weighted by molar-refractivity contribution is 7.91. The van der Waals surface area contributed by atoms with Crippen molar-refractivity contribution in [2.24, 2.45) is 0 Å². The minimum atomic E-state index is -4.14. The van der Waals surface area contributed by atoms with Crippen LogP contribution in [0.3, 0.4) is 0 Å². The van der Waals surface area contributed by atoms with Gasteiger partial charge in [-0.05, 0) is 22.9 Å². The summed E-state index contributed by atoms with van der Waals surface area (Å²) >= 11 is 0. The topological polar surface area (TPSA) is 97.7 Å². The van der Waals surface area contributed by atoms with Gasteiger partial charge in [-0.25, -0.2) is 8.42 Å². The van der Waals surface area contributed by atoms with Crippen LogP contribution in [0, 0.1) is 0 Å². The fraction of sp³-hybridized carbons (Fsp3) is 0.286. The Kier molecular flexibility index (Phi) is 3.72. The van der Waals surface area contributed by atoms with Gasteiger partial charge in [0.15, 0.2) is 9.84 Å². The second kappa shape index (κ2) is 5.31. The van der Waals surface area contributed by atoms with Gasteiger partial charge in [-0.1, -0.05) is 30.3 Å². The van der Waals surface area contributed by atoms with Crippen LogP contribution in [0.4, 0.5) is 0 Å². The van der Waals surface area contributed by atoms with E-state index in [-0.39, 0.29) is 4.90 Å². The predicted molar refractivity (Wildman–Crippen MR) is 80.7 cm³/mol. The van der Waals surface area contributed by atoms with Crippen molar-refractivity contribution in [2.75, 3.05) is 11.5 Å². The zero-order chi connectivity index (χ0) is 16.0. The summed E-state index contributed by atoms with van der Waals surface area (Å²) in [6.45, 7) is 0. The maximum absolute atomic E-state index is 12.3. The maximum atomic E-state index is 12.3. The molecule has 0 aromatic heterocycles. The minimum Gasteiger partial charge on any atom is -0.389 e. The number of rotatable bonds is 3. The lowest BCUT2D eigenvalue weighted by atomic mass is 10.1. The second-order valence-electron chi connectivity index (χ2n) is 5.24. The van der Waals surface area contributed by atoms with Gasteiger partial charge in [0.2, 0.25) is 0 Å². The van der Waals surface area contributed by atoms with E-state index in [4.69, 9.17) is 4.18 Å².